The fourth-order valence-electron chi connectivity index (χ4n) is 0.756. The predicted octanol–water partition coefficient (Wildman–Crippen LogP) is -1.06. The summed E-state index contributed by atoms with van der Waals surface area (Å²) in [5, 5.41) is 3.13. The molecule has 3 nitrogen and oxygen atoms in total. The number of rotatable bonds is 0. The van der Waals surface area contributed by atoms with Crippen molar-refractivity contribution in [3.63, 3.8) is 0 Å². The average Bonchev–Trinajstić information content (AvgIpc) is 1.90. The van der Waals surface area contributed by atoms with E-state index in [2.05, 4.69) is 5.32 Å². The highest BCUT2D eigenvalue weighted by Crippen LogP contribution is 1.77. The molecule has 0 saturated carbocycles. The van der Waals surface area contributed by atoms with Crippen LogP contribution in [0.25, 0.3) is 0 Å². The van der Waals surface area contributed by atoms with Gasteiger partial charge in [0.15, 0.2) is 13.1 Å². The number of carbonyl (C=O) groups excluding carboxylic acids is 1. The van der Waals surface area contributed by atoms with E-state index < -0.39 is 0 Å². The molecule has 3 heteroatoms. The summed E-state index contributed by atoms with van der Waals surface area (Å²) in [6.07, 6.45) is 1.85. The van der Waals surface area contributed by atoms with Crippen molar-refractivity contribution in [1.29, 1.82) is 0 Å². The van der Waals surface area contributed by atoms with Crippen LogP contribution < -0.4 is 5.32 Å². The smallest absolute Gasteiger partial charge is 0.305 e. The van der Waals surface area contributed by atoms with E-state index in [0.29, 0.717) is 0 Å². The van der Waals surface area contributed by atoms with Gasteiger partial charge in [0, 0.05) is 0 Å². The molecule has 0 radical (unpaired) electrons. The number of hydrogen-bond donors (Lipinski definition) is 1. The summed E-state index contributed by atoms with van der Waals surface area (Å²) in [5.74, 6) is 0. The van der Waals surface area contributed by atoms with Crippen LogP contribution in [-0.2, 0) is 4.79 Å². The minimum absolute atomic E-state index is 0.809. The van der Waals surface area contributed by atoms with Crippen LogP contribution >= 0.6 is 0 Å². The molecule has 1 rings (SSSR count). The second kappa shape index (κ2) is 2.60. The highest BCUT2D eigenvalue weighted by atomic mass is 16.1. The maximum atomic E-state index is 9.93. The Bertz CT molecular complexity index is 118. The molecule has 1 heterocycles. The van der Waals surface area contributed by atoms with Crippen molar-refractivity contribution in [2.75, 3.05) is 26.2 Å². The standard InChI is InChI=1S/C5H9N2O/c8-5-7-3-1-6-2-4-7/h6H,1-4H2/q+1. The minimum atomic E-state index is 0.809. The van der Waals surface area contributed by atoms with E-state index in [0.717, 1.165) is 26.2 Å². The average molecular weight is 113 g/mol. The molecule has 8 heavy (non-hydrogen) atoms. The molecule has 1 fully saturated rings. The predicted molar refractivity (Wildman–Crippen MR) is 28.6 cm³/mol. The van der Waals surface area contributed by atoms with Crippen LogP contribution in [0.15, 0.2) is 0 Å². The number of nitrogens with zero attached hydrogens (tertiary/aromatic N) is 1. The Hall–Kier alpha value is -0.660. The van der Waals surface area contributed by atoms with Gasteiger partial charge in [-0.25, -0.2) is 0 Å². The number of isocyanates is 1. The van der Waals surface area contributed by atoms with Gasteiger partial charge in [-0.15, -0.1) is 0 Å². The topological polar surface area (TPSA) is 32.1 Å². The molecular weight excluding hydrogens is 104 g/mol. The van der Waals surface area contributed by atoms with Gasteiger partial charge in [0.1, 0.15) is 0 Å². The number of piperazine rings is 1. The summed E-state index contributed by atoms with van der Waals surface area (Å²) in [4.78, 5) is 9.93. The highest BCUT2D eigenvalue weighted by Gasteiger charge is 2.08. The fraction of sp³-hybridized carbons (Fsp3) is 0.800. The molecule has 1 N–H and O–H groups in total. The van der Waals surface area contributed by atoms with E-state index in [1.54, 1.807) is 4.58 Å². The van der Waals surface area contributed by atoms with Gasteiger partial charge in [0.25, 0.3) is 0 Å². The zero-order chi connectivity index (χ0) is 5.82. The fourth-order valence-corrected chi connectivity index (χ4v) is 0.756. The van der Waals surface area contributed by atoms with Gasteiger partial charge >= 0.3 is 6.08 Å². The van der Waals surface area contributed by atoms with Crippen LogP contribution in [0, 0.1) is 0 Å². The van der Waals surface area contributed by atoms with E-state index in [9.17, 15) is 4.79 Å². The van der Waals surface area contributed by atoms with E-state index in [-0.39, 0.29) is 0 Å². The Morgan fingerprint density at radius 1 is 1.38 bits per heavy atom. The third-order valence-electron chi connectivity index (χ3n) is 1.25. The van der Waals surface area contributed by atoms with Gasteiger partial charge < -0.3 is 5.32 Å². The summed E-state index contributed by atoms with van der Waals surface area (Å²) in [6.45, 7) is 3.44. The maximum Gasteiger partial charge on any atom is 0.424 e. The van der Waals surface area contributed by atoms with E-state index >= 15 is 0 Å². The summed E-state index contributed by atoms with van der Waals surface area (Å²) in [6, 6.07) is 0. The SMILES string of the molecule is O=C=[N+]1CCNCC1. The molecule has 0 atom stereocenters. The highest BCUT2D eigenvalue weighted by molar-refractivity contribution is 5.24. The van der Waals surface area contributed by atoms with Gasteiger partial charge in [0.2, 0.25) is 0 Å². The zero-order valence-electron chi connectivity index (χ0n) is 4.68. The molecule has 0 amide bonds. The molecule has 1 aliphatic heterocycles. The van der Waals surface area contributed by atoms with Crippen molar-refractivity contribution >= 4 is 6.08 Å². The Morgan fingerprint density at radius 3 is 2.38 bits per heavy atom. The second-order valence-electron chi connectivity index (χ2n) is 1.83. The Labute approximate surface area is 48.0 Å². The van der Waals surface area contributed by atoms with Gasteiger partial charge in [-0.2, -0.15) is 9.37 Å². The zero-order valence-corrected chi connectivity index (χ0v) is 4.68. The third kappa shape index (κ3) is 1.15. The first-order valence-corrected chi connectivity index (χ1v) is 2.77. The lowest BCUT2D eigenvalue weighted by Crippen LogP contribution is -2.37. The molecule has 0 aromatic rings. The van der Waals surface area contributed by atoms with Crippen LogP contribution in [-0.4, -0.2) is 36.8 Å². The van der Waals surface area contributed by atoms with Crippen LogP contribution in [0.5, 0.6) is 0 Å². The monoisotopic (exact) mass is 113 g/mol. The molecular formula is C5H9N2O+. The maximum absolute atomic E-state index is 9.93. The summed E-state index contributed by atoms with van der Waals surface area (Å²) >= 11 is 0. The molecule has 1 aliphatic rings. The van der Waals surface area contributed by atoms with E-state index in [1.807, 2.05) is 6.08 Å². The Kier molecular flexibility index (Phi) is 1.78. The second-order valence-corrected chi connectivity index (χ2v) is 1.83. The molecule has 0 aliphatic carbocycles. The first-order valence-electron chi connectivity index (χ1n) is 2.77. The Morgan fingerprint density at radius 2 is 2.00 bits per heavy atom. The van der Waals surface area contributed by atoms with Gasteiger partial charge in [-0.05, 0) is 0 Å². The lowest BCUT2D eigenvalue weighted by Gasteiger charge is -2.05. The van der Waals surface area contributed by atoms with Gasteiger partial charge in [0.05, 0.1) is 13.1 Å². The molecule has 0 aromatic heterocycles. The summed E-state index contributed by atoms with van der Waals surface area (Å²) < 4.78 is 1.65. The number of nitrogens with one attached hydrogen (secondary N) is 1. The van der Waals surface area contributed by atoms with Crippen molar-refractivity contribution in [2.24, 2.45) is 0 Å². The van der Waals surface area contributed by atoms with Crippen LogP contribution in [0.3, 0.4) is 0 Å². The van der Waals surface area contributed by atoms with Crippen molar-refractivity contribution < 1.29 is 9.37 Å². The normalized spacial score (nSPS) is 20.2. The van der Waals surface area contributed by atoms with Gasteiger partial charge in [-0.3, -0.25) is 0 Å². The molecule has 1 saturated heterocycles. The number of hydrogen-bond acceptors (Lipinski definition) is 2. The summed E-state index contributed by atoms with van der Waals surface area (Å²) in [7, 11) is 0. The van der Waals surface area contributed by atoms with Crippen molar-refractivity contribution in [3.05, 3.63) is 0 Å². The lowest BCUT2D eigenvalue weighted by molar-refractivity contribution is -0.529. The largest absolute Gasteiger partial charge is 0.424 e. The quantitative estimate of drug-likeness (QED) is 0.321. The van der Waals surface area contributed by atoms with Gasteiger partial charge in [-0.1, -0.05) is 0 Å². The molecule has 0 bridgehead atoms. The van der Waals surface area contributed by atoms with Crippen molar-refractivity contribution in [1.82, 2.24) is 5.32 Å². The lowest BCUT2D eigenvalue weighted by atomic mass is 10.4. The Balaban J connectivity index is 2.45. The third-order valence-corrected chi connectivity index (χ3v) is 1.25. The van der Waals surface area contributed by atoms with Crippen molar-refractivity contribution in [2.45, 2.75) is 0 Å². The molecule has 0 unspecified atom stereocenters. The first kappa shape index (κ1) is 5.48. The van der Waals surface area contributed by atoms with Crippen molar-refractivity contribution in [3.8, 4) is 0 Å². The summed E-state index contributed by atoms with van der Waals surface area (Å²) in [5.41, 5.74) is 0. The van der Waals surface area contributed by atoms with Crippen LogP contribution in [0.1, 0.15) is 0 Å². The first-order chi connectivity index (χ1) is 3.93. The molecule has 0 spiro atoms. The van der Waals surface area contributed by atoms with Crippen LogP contribution in [0.4, 0.5) is 0 Å². The van der Waals surface area contributed by atoms with Crippen LogP contribution in [0.2, 0.25) is 0 Å². The minimum Gasteiger partial charge on any atom is -0.305 e. The molecule has 0 aromatic carbocycles. The van der Waals surface area contributed by atoms with E-state index in [1.165, 1.54) is 0 Å². The van der Waals surface area contributed by atoms with E-state index in [4.69, 9.17) is 0 Å². The molecule has 44 valence electrons.